The fourth-order valence-corrected chi connectivity index (χ4v) is 3.11. The smallest absolute Gasteiger partial charge is 0.175 e. The number of para-hydroxylation sites is 1. The number of nitrogens with zero attached hydrogens (tertiary/aromatic N) is 1. The van der Waals surface area contributed by atoms with E-state index < -0.39 is 5.60 Å². The molecule has 2 heterocycles. The van der Waals surface area contributed by atoms with Crippen LogP contribution in [0.4, 0.5) is 0 Å². The molecule has 1 aliphatic rings. The van der Waals surface area contributed by atoms with Gasteiger partial charge in [0.2, 0.25) is 0 Å². The number of hydrogen-bond acceptors (Lipinski definition) is 5. The summed E-state index contributed by atoms with van der Waals surface area (Å²) in [6.45, 7) is 3.11. The lowest BCUT2D eigenvalue weighted by Gasteiger charge is -2.37. The first-order valence-corrected chi connectivity index (χ1v) is 7.83. The highest BCUT2D eigenvalue weighted by Gasteiger charge is 2.30. The molecule has 3 N–H and O–H groups in total. The van der Waals surface area contributed by atoms with E-state index in [-0.39, 0.29) is 0 Å². The van der Waals surface area contributed by atoms with E-state index in [0.717, 1.165) is 55.6 Å². The van der Waals surface area contributed by atoms with Crippen LogP contribution in [-0.4, -0.2) is 48.9 Å². The highest BCUT2D eigenvalue weighted by atomic mass is 16.5. The van der Waals surface area contributed by atoms with Crippen molar-refractivity contribution in [1.82, 2.24) is 4.90 Å². The van der Waals surface area contributed by atoms with E-state index >= 15 is 0 Å². The van der Waals surface area contributed by atoms with E-state index in [0.29, 0.717) is 6.54 Å². The van der Waals surface area contributed by atoms with Crippen molar-refractivity contribution >= 4 is 11.0 Å². The maximum Gasteiger partial charge on any atom is 0.175 e. The summed E-state index contributed by atoms with van der Waals surface area (Å²) in [5.74, 6) is 0.773. The number of furan rings is 1. The minimum absolute atomic E-state index is 0.354. The molecular weight excluding hydrogens is 280 g/mol. The molecule has 0 atom stereocenters. The highest BCUT2D eigenvalue weighted by molar-refractivity contribution is 5.86. The molecule has 0 amide bonds. The third-order valence-corrected chi connectivity index (χ3v) is 4.73. The normalized spacial score (nSPS) is 18.7. The first kappa shape index (κ1) is 15.3. The monoisotopic (exact) mass is 304 g/mol. The summed E-state index contributed by atoms with van der Waals surface area (Å²) in [7, 11) is 1.66. The molecule has 0 unspecified atom stereocenters. The van der Waals surface area contributed by atoms with Gasteiger partial charge in [-0.3, -0.25) is 0 Å². The van der Waals surface area contributed by atoms with Crippen LogP contribution >= 0.6 is 0 Å². The average molecular weight is 304 g/mol. The van der Waals surface area contributed by atoms with Crippen molar-refractivity contribution in [3.63, 3.8) is 0 Å². The number of rotatable bonds is 5. The van der Waals surface area contributed by atoms with Gasteiger partial charge in [-0.2, -0.15) is 0 Å². The lowest BCUT2D eigenvalue weighted by Crippen LogP contribution is -2.49. The summed E-state index contributed by atoms with van der Waals surface area (Å²) in [5, 5.41) is 11.3. The predicted octanol–water partition coefficient (Wildman–Crippen LogP) is 1.77. The molecule has 2 aromatic rings. The second-order valence-corrected chi connectivity index (χ2v) is 6.12. The molecule has 1 aromatic heterocycles. The van der Waals surface area contributed by atoms with E-state index in [2.05, 4.69) is 11.0 Å². The van der Waals surface area contributed by atoms with Crippen molar-refractivity contribution in [1.29, 1.82) is 0 Å². The van der Waals surface area contributed by atoms with Gasteiger partial charge in [0, 0.05) is 31.6 Å². The predicted molar refractivity (Wildman–Crippen MR) is 86.1 cm³/mol. The third-order valence-electron chi connectivity index (χ3n) is 4.73. The van der Waals surface area contributed by atoms with Gasteiger partial charge in [0.15, 0.2) is 11.3 Å². The molecule has 5 heteroatoms. The van der Waals surface area contributed by atoms with Crippen LogP contribution in [0.1, 0.15) is 18.4 Å². The van der Waals surface area contributed by atoms with Crippen LogP contribution in [-0.2, 0) is 6.42 Å². The Bertz CT molecular complexity index is 630. The lowest BCUT2D eigenvalue weighted by molar-refractivity contribution is -0.0130. The summed E-state index contributed by atoms with van der Waals surface area (Å²) in [5.41, 5.74) is 6.99. The third kappa shape index (κ3) is 2.97. The van der Waals surface area contributed by atoms with Gasteiger partial charge in [0.1, 0.15) is 0 Å². The van der Waals surface area contributed by atoms with Gasteiger partial charge in [-0.15, -0.1) is 0 Å². The molecule has 1 fully saturated rings. The summed E-state index contributed by atoms with van der Waals surface area (Å²) in [6, 6.07) is 5.97. The molecule has 0 radical (unpaired) electrons. The number of likely N-dealkylation sites (tertiary alicyclic amines) is 1. The highest BCUT2D eigenvalue weighted by Crippen LogP contribution is 2.30. The SMILES string of the molecule is COc1cccc2c(CCN3CCC(O)(CN)CC3)coc12. The van der Waals surface area contributed by atoms with E-state index in [1.165, 1.54) is 5.56 Å². The van der Waals surface area contributed by atoms with Crippen LogP contribution in [0.2, 0.25) is 0 Å². The second kappa shape index (κ2) is 6.28. The number of fused-ring (bicyclic) bond motifs is 1. The Morgan fingerprint density at radius 1 is 1.36 bits per heavy atom. The first-order chi connectivity index (χ1) is 10.6. The fourth-order valence-electron chi connectivity index (χ4n) is 3.11. The maximum absolute atomic E-state index is 10.2. The molecule has 0 bridgehead atoms. The van der Waals surface area contributed by atoms with Crippen molar-refractivity contribution in [3.05, 3.63) is 30.0 Å². The molecule has 5 nitrogen and oxygen atoms in total. The largest absolute Gasteiger partial charge is 0.493 e. The number of nitrogens with two attached hydrogens (primary N) is 1. The van der Waals surface area contributed by atoms with Crippen LogP contribution in [0.25, 0.3) is 11.0 Å². The van der Waals surface area contributed by atoms with Crippen LogP contribution in [0.5, 0.6) is 5.75 Å². The topological polar surface area (TPSA) is 71.9 Å². The van der Waals surface area contributed by atoms with Gasteiger partial charge in [0.05, 0.1) is 19.0 Å². The van der Waals surface area contributed by atoms with Crippen molar-refractivity contribution in [3.8, 4) is 5.75 Å². The number of piperidine rings is 1. The minimum Gasteiger partial charge on any atom is -0.493 e. The number of ether oxygens (including phenoxy) is 1. The minimum atomic E-state index is -0.661. The number of hydrogen-bond donors (Lipinski definition) is 2. The van der Waals surface area contributed by atoms with Crippen LogP contribution in [0.3, 0.4) is 0 Å². The molecule has 120 valence electrons. The van der Waals surface area contributed by atoms with Crippen molar-refractivity contribution in [2.45, 2.75) is 24.9 Å². The van der Waals surface area contributed by atoms with E-state index in [1.54, 1.807) is 7.11 Å². The van der Waals surface area contributed by atoms with E-state index in [4.69, 9.17) is 14.9 Å². The molecular formula is C17H24N2O3. The van der Waals surface area contributed by atoms with Crippen molar-refractivity contribution in [2.24, 2.45) is 5.73 Å². The van der Waals surface area contributed by atoms with Crippen molar-refractivity contribution < 1.29 is 14.3 Å². The molecule has 3 rings (SSSR count). The molecule has 0 spiro atoms. The molecule has 1 aliphatic heterocycles. The Balaban J connectivity index is 1.63. The van der Waals surface area contributed by atoms with Crippen LogP contribution in [0.15, 0.2) is 28.9 Å². The molecule has 0 saturated carbocycles. The zero-order chi connectivity index (χ0) is 15.6. The Morgan fingerprint density at radius 2 is 2.14 bits per heavy atom. The fraction of sp³-hybridized carbons (Fsp3) is 0.529. The van der Waals surface area contributed by atoms with Gasteiger partial charge in [0.25, 0.3) is 0 Å². The lowest BCUT2D eigenvalue weighted by atomic mass is 9.91. The summed E-state index contributed by atoms with van der Waals surface area (Å²) < 4.78 is 11.0. The summed E-state index contributed by atoms with van der Waals surface area (Å²) in [4.78, 5) is 2.38. The number of methoxy groups -OCH3 is 1. The van der Waals surface area contributed by atoms with E-state index in [1.807, 2.05) is 18.4 Å². The first-order valence-electron chi connectivity index (χ1n) is 7.83. The molecule has 1 saturated heterocycles. The number of benzene rings is 1. The number of aliphatic hydroxyl groups is 1. The van der Waals surface area contributed by atoms with E-state index in [9.17, 15) is 5.11 Å². The Kier molecular flexibility index (Phi) is 4.38. The zero-order valence-electron chi connectivity index (χ0n) is 13.0. The van der Waals surface area contributed by atoms with Gasteiger partial charge in [-0.1, -0.05) is 12.1 Å². The summed E-state index contributed by atoms with van der Waals surface area (Å²) in [6.07, 6.45) is 4.27. The standard InChI is InChI=1S/C17H24N2O3/c1-21-15-4-2-3-14-13(11-22-16(14)15)5-8-19-9-6-17(20,12-18)7-10-19/h2-4,11,20H,5-10,12,18H2,1H3. The quantitative estimate of drug-likeness (QED) is 0.881. The van der Waals surface area contributed by atoms with Gasteiger partial charge >= 0.3 is 0 Å². The average Bonchev–Trinajstić information content (AvgIpc) is 2.97. The molecule has 0 aliphatic carbocycles. The van der Waals surface area contributed by atoms with Gasteiger partial charge in [-0.05, 0) is 30.9 Å². The summed E-state index contributed by atoms with van der Waals surface area (Å²) >= 11 is 0. The molecule has 22 heavy (non-hydrogen) atoms. The van der Waals surface area contributed by atoms with Crippen LogP contribution < -0.4 is 10.5 Å². The maximum atomic E-state index is 10.2. The van der Waals surface area contributed by atoms with Gasteiger partial charge in [-0.25, -0.2) is 0 Å². The van der Waals surface area contributed by atoms with Gasteiger partial charge < -0.3 is 24.9 Å². The Morgan fingerprint density at radius 3 is 2.82 bits per heavy atom. The van der Waals surface area contributed by atoms with Crippen LogP contribution in [0, 0.1) is 0 Å². The Labute approximate surface area is 130 Å². The van der Waals surface area contributed by atoms with Crippen molar-refractivity contribution in [2.75, 3.05) is 33.3 Å². The second-order valence-electron chi connectivity index (χ2n) is 6.12. The molecule has 1 aromatic carbocycles. The Hall–Kier alpha value is -1.56. The zero-order valence-corrected chi connectivity index (χ0v) is 13.0.